The Labute approximate surface area is 224 Å². The van der Waals surface area contributed by atoms with E-state index < -0.39 is 11.6 Å². The maximum Gasteiger partial charge on any atom is 0.274 e. The summed E-state index contributed by atoms with van der Waals surface area (Å²) < 4.78 is 35.5. The average molecular weight is 535 g/mol. The number of pyridine rings is 1. The van der Waals surface area contributed by atoms with Crippen molar-refractivity contribution in [1.29, 1.82) is 0 Å². The van der Waals surface area contributed by atoms with Crippen LogP contribution >= 0.6 is 0 Å². The Hall–Kier alpha value is -4.16. The van der Waals surface area contributed by atoms with Gasteiger partial charge in [0.05, 0.1) is 18.9 Å². The number of carbonyl (C=O) groups excluding carboxylic acids is 1. The third kappa shape index (κ3) is 5.12. The number of anilines is 5. The predicted molar refractivity (Wildman–Crippen MR) is 142 cm³/mol. The van der Waals surface area contributed by atoms with Crippen molar-refractivity contribution in [3.05, 3.63) is 71.7 Å². The summed E-state index contributed by atoms with van der Waals surface area (Å²) in [5.41, 5.74) is 2.32. The fourth-order valence-electron chi connectivity index (χ4n) is 4.99. The van der Waals surface area contributed by atoms with E-state index in [2.05, 4.69) is 32.2 Å². The van der Waals surface area contributed by atoms with Crippen LogP contribution in [0.25, 0.3) is 0 Å². The minimum absolute atomic E-state index is 0.0603. The lowest BCUT2D eigenvalue weighted by molar-refractivity contribution is -0.116. The molecule has 5 heterocycles. The highest BCUT2D eigenvalue weighted by Gasteiger charge is 2.27. The molecule has 0 bridgehead atoms. The molecule has 3 aliphatic heterocycles. The number of benzene rings is 1. The summed E-state index contributed by atoms with van der Waals surface area (Å²) in [4.78, 5) is 31.2. The molecular weight excluding hydrogens is 506 g/mol. The van der Waals surface area contributed by atoms with Gasteiger partial charge in [0.15, 0.2) is 0 Å². The van der Waals surface area contributed by atoms with Gasteiger partial charge in [-0.15, -0.1) is 0 Å². The van der Waals surface area contributed by atoms with Crippen LogP contribution in [-0.2, 0) is 22.5 Å². The van der Waals surface area contributed by atoms with E-state index in [-0.39, 0.29) is 18.0 Å². The van der Waals surface area contributed by atoms with Gasteiger partial charge >= 0.3 is 0 Å². The van der Waals surface area contributed by atoms with Crippen LogP contribution in [0.15, 0.2) is 48.9 Å². The molecule has 3 aliphatic rings. The van der Waals surface area contributed by atoms with Gasteiger partial charge in [0.1, 0.15) is 23.3 Å². The molecule has 0 unspecified atom stereocenters. The van der Waals surface area contributed by atoms with E-state index in [0.29, 0.717) is 87.0 Å². The van der Waals surface area contributed by atoms with Crippen molar-refractivity contribution < 1.29 is 18.3 Å². The summed E-state index contributed by atoms with van der Waals surface area (Å²) >= 11 is 0. The highest BCUT2D eigenvalue weighted by atomic mass is 19.1. The van der Waals surface area contributed by atoms with Crippen LogP contribution in [0.2, 0.25) is 0 Å². The first-order valence-corrected chi connectivity index (χ1v) is 12.9. The summed E-state index contributed by atoms with van der Waals surface area (Å²) in [7, 11) is 0. The highest BCUT2D eigenvalue weighted by Crippen LogP contribution is 2.35. The third-order valence-electron chi connectivity index (χ3n) is 7.08. The number of morpholine rings is 1. The number of piperazine rings is 1. The molecule has 1 amide bonds. The number of aromatic nitrogens is 3. The van der Waals surface area contributed by atoms with Crippen molar-refractivity contribution in [2.75, 3.05) is 61.1 Å². The Kier molecular flexibility index (Phi) is 6.79. The van der Waals surface area contributed by atoms with Crippen LogP contribution < -0.4 is 20.4 Å². The molecule has 10 nitrogen and oxygen atoms in total. The predicted octanol–water partition coefficient (Wildman–Crippen LogP) is 2.87. The summed E-state index contributed by atoms with van der Waals surface area (Å²) in [5.74, 6) is 0.0109. The van der Waals surface area contributed by atoms with Gasteiger partial charge in [-0.05, 0) is 24.6 Å². The van der Waals surface area contributed by atoms with Crippen LogP contribution in [0.3, 0.4) is 0 Å². The average Bonchev–Trinajstić information content (AvgIpc) is 3.36. The maximum absolute atomic E-state index is 15.1. The first kappa shape index (κ1) is 25.1. The summed E-state index contributed by atoms with van der Waals surface area (Å²) in [6.45, 7) is 7.95. The molecule has 12 heteroatoms. The van der Waals surface area contributed by atoms with E-state index in [1.807, 2.05) is 4.90 Å². The Morgan fingerprint density at radius 3 is 2.64 bits per heavy atom. The van der Waals surface area contributed by atoms with Gasteiger partial charge in [0.25, 0.3) is 5.91 Å². The molecule has 39 heavy (non-hydrogen) atoms. The minimum atomic E-state index is -0.577. The van der Waals surface area contributed by atoms with E-state index in [0.717, 1.165) is 5.56 Å². The second kappa shape index (κ2) is 10.5. The van der Waals surface area contributed by atoms with Gasteiger partial charge in [-0.1, -0.05) is 6.58 Å². The molecule has 2 fully saturated rings. The van der Waals surface area contributed by atoms with Crippen LogP contribution in [0, 0.1) is 11.6 Å². The number of ether oxygens (including phenoxy) is 1. The fraction of sp³-hybridized carbons (Fsp3) is 0.333. The topological polar surface area (TPSA) is 98.8 Å². The Morgan fingerprint density at radius 2 is 1.85 bits per heavy atom. The van der Waals surface area contributed by atoms with Crippen molar-refractivity contribution in [3.8, 4) is 0 Å². The standard InChI is InChI=1S/C27H28F2N8O2/c1-17-26(38)37(7-5-30-17)24-12-19(2-4-31-24)33-27-32-15-18-3-6-36(25(18)34-27)20-13-22(28)21(23(29)14-20)16-35-8-10-39-11-9-35/h2,4,12-15,30H,1,3,5-11,16H2,(H,31,32,33,34). The van der Waals surface area contributed by atoms with Crippen LogP contribution in [0.1, 0.15) is 11.1 Å². The number of hydrogen-bond acceptors (Lipinski definition) is 9. The number of fused-ring (bicyclic) bond motifs is 1. The number of halogens is 2. The van der Waals surface area contributed by atoms with E-state index >= 15 is 8.78 Å². The molecule has 6 rings (SSSR count). The summed E-state index contributed by atoms with van der Waals surface area (Å²) in [6.07, 6.45) is 3.97. The molecule has 0 radical (unpaired) electrons. The number of nitrogens with one attached hydrogen (secondary N) is 2. The van der Waals surface area contributed by atoms with E-state index in [9.17, 15) is 4.79 Å². The molecule has 2 saturated heterocycles. The zero-order chi connectivity index (χ0) is 26.9. The zero-order valence-corrected chi connectivity index (χ0v) is 21.3. The molecule has 0 aliphatic carbocycles. The van der Waals surface area contributed by atoms with Crippen LogP contribution in [0.5, 0.6) is 0 Å². The van der Waals surface area contributed by atoms with Gasteiger partial charge in [-0.25, -0.2) is 18.7 Å². The van der Waals surface area contributed by atoms with Crippen molar-refractivity contribution in [1.82, 2.24) is 25.2 Å². The number of hydrogen-bond donors (Lipinski definition) is 2. The van der Waals surface area contributed by atoms with Crippen molar-refractivity contribution >= 4 is 34.9 Å². The Balaban J connectivity index is 1.22. The van der Waals surface area contributed by atoms with Crippen LogP contribution in [0.4, 0.5) is 37.7 Å². The molecule has 3 aromatic rings. The molecule has 1 aromatic carbocycles. The lowest BCUT2D eigenvalue weighted by atomic mass is 10.1. The normalized spacial score (nSPS) is 17.8. The minimum Gasteiger partial charge on any atom is -0.379 e. The number of rotatable bonds is 6. The first-order chi connectivity index (χ1) is 19.0. The molecule has 202 valence electrons. The van der Waals surface area contributed by atoms with Crippen molar-refractivity contribution in [2.45, 2.75) is 13.0 Å². The lowest BCUT2D eigenvalue weighted by Crippen LogP contribution is -2.46. The van der Waals surface area contributed by atoms with Crippen molar-refractivity contribution in [2.24, 2.45) is 0 Å². The fourth-order valence-corrected chi connectivity index (χ4v) is 4.99. The maximum atomic E-state index is 15.1. The largest absolute Gasteiger partial charge is 0.379 e. The zero-order valence-electron chi connectivity index (χ0n) is 21.3. The second-order valence-electron chi connectivity index (χ2n) is 9.61. The monoisotopic (exact) mass is 534 g/mol. The number of carbonyl (C=O) groups is 1. The van der Waals surface area contributed by atoms with E-state index in [4.69, 9.17) is 4.74 Å². The third-order valence-corrected chi connectivity index (χ3v) is 7.08. The quantitative estimate of drug-likeness (QED) is 0.463. The molecule has 0 saturated carbocycles. The molecule has 0 spiro atoms. The van der Waals surface area contributed by atoms with Gasteiger partial charge in [-0.2, -0.15) is 4.98 Å². The van der Waals surface area contributed by atoms with Gasteiger partial charge < -0.3 is 20.3 Å². The molecule has 2 N–H and O–H groups in total. The highest BCUT2D eigenvalue weighted by molar-refractivity contribution is 6.05. The lowest BCUT2D eigenvalue weighted by Gasteiger charge is -2.28. The summed E-state index contributed by atoms with van der Waals surface area (Å²) in [5, 5.41) is 6.11. The number of nitrogens with zero attached hydrogens (tertiary/aromatic N) is 6. The first-order valence-electron chi connectivity index (χ1n) is 12.9. The van der Waals surface area contributed by atoms with Crippen LogP contribution in [-0.4, -0.2) is 71.7 Å². The molecular formula is C27H28F2N8O2. The molecule has 0 atom stereocenters. The van der Waals surface area contributed by atoms with Gasteiger partial charge in [-0.3, -0.25) is 14.6 Å². The number of amides is 1. The second-order valence-corrected chi connectivity index (χ2v) is 9.61. The van der Waals surface area contributed by atoms with Gasteiger partial charge in [0, 0.05) is 80.2 Å². The van der Waals surface area contributed by atoms with Gasteiger partial charge in [0.2, 0.25) is 5.95 Å². The summed E-state index contributed by atoms with van der Waals surface area (Å²) in [6, 6.07) is 6.23. The van der Waals surface area contributed by atoms with E-state index in [1.165, 1.54) is 12.1 Å². The Morgan fingerprint density at radius 1 is 1.05 bits per heavy atom. The SMILES string of the molecule is C=C1NCCN(c2cc(Nc3ncc4c(n3)N(c3cc(F)c(CN5CCOCC5)c(F)c3)CC4)ccn2)C1=O. The van der Waals surface area contributed by atoms with Crippen molar-refractivity contribution in [3.63, 3.8) is 0 Å². The Bertz CT molecular complexity index is 1410. The molecule has 2 aromatic heterocycles. The smallest absolute Gasteiger partial charge is 0.274 e. The van der Waals surface area contributed by atoms with E-state index in [1.54, 1.807) is 34.3 Å².